The van der Waals surface area contributed by atoms with E-state index in [1.807, 2.05) is 28.9 Å². The molecule has 0 radical (unpaired) electrons. The number of pyridine rings is 1. The fourth-order valence-electron chi connectivity index (χ4n) is 3.17. The number of rotatable bonds is 3. The molecule has 1 aromatic rings. The van der Waals surface area contributed by atoms with Gasteiger partial charge in [-0.15, -0.1) is 0 Å². The number of hydrogen-bond acceptors (Lipinski definition) is 3. The van der Waals surface area contributed by atoms with Gasteiger partial charge < -0.3 is 15.1 Å². The SMILES string of the molecule is Cc1cccnc1/C=C/C(=O)N1CCCC(N2CCNC2=O)C1. The van der Waals surface area contributed by atoms with Crippen molar-refractivity contribution >= 4 is 18.0 Å². The number of likely N-dealkylation sites (tertiary alicyclic amines) is 1. The van der Waals surface area contributed by atoms with E-state index in [9.17, 15) is 9.59 Å². The molecule has 0 spiro atoms. The highest BCUT2D eigenvalue weighted by Crippen LogP contribution is 2.18. The largest absolute Gasteiger partial charge is 0.337 e. The normalized spacial score (nSPS) is 21.8. The minimum absolute atomic E-state index is 0.0102. The van der Waals surface area contributed by atoms with E-state index in [-0.39, 0.29) is 18.0 Å². The maximum Gasteiger partial charge on any atom is 0.317 e. The first-order valence-electron chi connectivity index (χ1n) is 8.08. The molecule has 1 N–H and O–H groups in total. The molecule has 122 valence electrons. The van der Waals surface area contributed by atoms with E-state index in [4.69, 9.17) is 0 Å². The van der Waals surface area contributed by atoms with Gasteiger partial charge in [-0.1, -0.05) is 6.07 Å². The van der Waals surface area contributed by atoms with E-state index in [0.29, 0.717) is 13.1 Å². The number of hydrogen-bond donors (Lipinski definition) is 1. The van der Waals surface area contributed by atoms with Gasteiger partial charge in [0.05, 0.1) is 11.7 Å². The van der Waals surface area contributed by atoms with E-state index in [1.165, 1.54) is 0 Å². The second kappa shape index (κ2) is 6.81. The van der Waals surface area contributed by atoms with E-state index in [0.717, 1.165) is 37.2 Å². The number of aromatic nitrogens is 1. The minimum atomic E-state index is -0.0145. The quantitative estimate of drug-likeness (QED) is 0.858. The van der Waals surface area contributed by atoms with Crippen LogP contribution in [0.5, 0.6) is 0 Å². The van der Waals surface area contributed by atoms with Gasteiger partial charge in [0.15, 0.2) is 0 Å². The number of amides is 3. The van der Waals surface area contributed by atoms with Crippen LogP contribution in [0.25, 0.3) is 6.08 Å². The molecule has 0 aromatic carbocycles. The van der Waals surface area contributed by atoms with Crippen molar-refractivity contribution < 1.29 is 9.59 Å². The van der Waals surface area contributed by atoms with Gasteiger partial charge in [-0.3, -0.25) is 9.78 Å². The van der Waals surface area contributed by atoms with Crippen LogP contribution in [-0.2, 0) is 4.79 Å². The molecule has 2 aliphatic rings. The zero-order valence-electron chi connectivity index (χ0n) is 13.4. The Morgan fingerprint density at radius 1 is 1.43 bits per heavy atom. The lowest BCUT2D eigenvalue weighted by atomic mass is 10.0. The molecule has 1 unspecified atom stereocenters. The molecule has 3 heterocycles. The maximum absolute atomic E-state index is 12.4. The van der Waals surface area contributed by atoms with Crippen LogP contribution in [0.2, 0.25) is 0 Å². The Morgan fingerprint density at radius 2 is 2.30 bits per heavy atom. The second-order valence-corrected chi connectivity index (χ2v) is 6.04. The molecule has 0 bridgehead atoms. The van der Waals surface area contributed by atoms with Crippen molar-refractivity contribution in [3.8, 4) is 0 Å². The molecule has 3 amide bonds. The molecule has 0 saturated carbocycles. The molecule has 3 rings (SSSR count). The summed E-state index contributed by atoms with van der Waals surface area (Å²) in [5.41, 5.74) is 1.86. The van der Waals surface area contributed by atoms with Gasteiger partial charge >= 0.3 is 6.03 Å². The summed E-state index contributed by atoms with van der Waals surface area (Å²) >= 11 is 0. The summed E-state index contributed by atoms with van der Waals surface area (Å²) in [5.74, 6) is -0.0145. The third-order valence-corrected chi connectivity index (χ3v) is 4.47. The monoisotopic (exact) mass is 314 g/mol. The molecular formula is C17H22N4O2. The summed E-state index contributed by atoms with van der Waals surface area (Å²) < 4.78 is 0. The second-order valence-electron chi connectivity index (χ2n) is 6.04. The highest BCUT2D eigenvalue weighted by Gasteiger charge is 2.32. The molecule has 2 saturated heterocycles. The van der Waals surface area contributed by atoms with E-state index >= 15 is 0 Å². The van der Waals surface area contributed by atoms with Crippen molar-refractivity contribution in [2.45, 2.75) is 25.8 Å². The van der Waals surface area contributed by atoms with Gasteiger partial charge in [0.25, 0.3) is 0 Å². The molecule has 1 atom stereocenters. The lowest BCUT2D eigenvalue weighted by molar-refractivity contribution is -0.127. The van der Waals surface area contributed by atoms with Gasteiger partial charge in [0.2, 0.25) is 5.91 Å². The van der Waals surface area contributed by atoms with Gasteiger partial charge in [0, 0.05) is 38.5 Å². The van der Waals surface area contributed by atoms with E-state index < -0.39 is 0 Å². The van der Waals surface area contributed by atoms with Crippen LogP contribution in [0.1, 0.15) is 24.1 Å². The molecule has 1 aromatic heterocycles. The van der Waals surface area contributed by atoms with Crippen LogP contribution in [0, 0.1) is 6.92 Å². The van der Waals surface area contributed by atoms with Crippen LogP contribution in [0.4, 0.5) is 4.79 Å². The molecule has 0 aliphatic carbocycles. The zero-order valence-corrected chi connectivity index (χ0v) is 13.4. The first kappa shape index (κ1) is 15.5. The predicted molar refractivity (Wildman–Crippen MR) is 87.7 cm³/mol. The number of nitrogens with zero attached hydrogens (tertiary/aromatic N) is 3. The standard InChI is InChI=1S/C17H22N4O2/c1-13-4-2-8-18-15(13)6-7-16(22)20-10-3-5-14(12-20)21-11-9-19-17(21)23/h2,4,6-8,14H,3,5,9-12H2,1H3,(H,19,23)/b7-6+. The number of nitrogens with one attached hydrogen (secondary N) is 1. The molecular weight excluding hydrogens is 292 g/mol. The smallest absolute Gasteiger partial charge is 0.317 e. The average molecular weight is 314 g/mol. The van der Waals surface area contributed by atoms with Crippen molar-refractivity contribution in [3.63, 3.8) is 0 Å². The predicted octanol–water partition coefficient (Wildman–Crippen LogP) is 1.42. The first-order valence-corrected chi connectivity index (χ1v) is 8.08. The summed E-state index contributed by atoms with van der Waals surface area (Å²) in [6.45, 7) is 4.75. The lowest BCUT2D eigenvalue weighted by Gasteiger charge is -2.36. The molecule has 2 aliphatic heterocycles. The highest BCUT2D eigenvalue weighted by molar-refractivity contribution is 5.91. The van der Waals surface area contributed by atoms with Crippen molar-refractivity contribution in [2.24, 2.45) is 0 Å². The number of piperidine rings is 1. The van der Waals surface area contributed by atoms with Gasteiger partial charge in [-0.25, -0.2) is 4.79 Å². The maximum atomic E-state index is 12.4. The van der Waals surface area contributed by atoms with Crippen molar-refractivity contribution in [1.29, 1.82) is 0 Å². The Balaban J connectivity index is 1.63. The topological polar surface area (TPSA) is 65.5 Å². The average Bonchev–Trinajstić information content (AvgIpc) is 3.00. The van der Waals surface area contributed by atoms with Gasteiger partial charge in [0.1, 0.15) is 0 Å². The third-order valence-electron chi connectivity index (χ3n) is 4.47. The van der Waals surface area contributed by atoms with E-state index in [1.54, 1.807) is 18.3 Å². The fourth-order valence-corrected chi connectivity index (χ4v) is 3.17. The summed E-state index contributed by atoms with van der Waals surface area (Å²) in [5, 5.41) is 2.83. The molecule has 23 heavy (non-hydrogen) atoms. The number of carbonyl (C=O) groups is 2. The zero-order chi connectivity index (χ0) is 16.2. The third kappa shape index (κ3) is 3.52. The van der Waals surface area contributed by atoms with Crippen molar-refractivity contribution in [1.82, 2.24) is 20.1 Å². The minimum Gasteiger partial charge on any atom is -0.337 e. The Labute approximate surface area is 136 Å². The molecule has 6 heteroatoms. The van der Waals surface area contributed by atoms with Gasteiger partial charge in [-0.2, -0.15) is 0 Å². The van der Waals surface area contributed by atoms with E-state index in [2.05, 4.69) is 10.3 Å². The van der Waals surface area contributed by atoms with Crippen molar-refractivity contribution in [2.75, 3.05) is 26.2 Å². The summed E-state index contributed by atoms with van der Waals surface area (Å²) in [4.78, 5) is 32.2. The lowest BCUT2D eigenvalue weighted by Crippen LogP contribution is -2.50. The molecule has 6 nitrogen and oxygen atoms in total. The summed E-state index contributed by atoms with van der Waals surface area (Å²) in [6.07, 6.45) is 6.96. The Bertz CT molecular complexity index is 629. The summed E-state index contributed by atoms with van der Waals surface area (Å²) in [7, 11) is 0. The van der Waals surface area contributed by atoms with Crippen LogP contribution >= 0.6 is 0 Å². The van der Waals surface area contributed by atoms with Crippen LogP contribution < -0.4 is 5.32 Å². The van der Waals surface area contributed by atoms with Crippen LogP contribution in [0.15, 0.2) is 24.4 Å². The van der Waals surface area contributed by atoms with Crippen LogP contribution in [-0.4, -0.2) is 58.9 Å². The van der Waals surface area contributed by atoms with Gasteiger partial charge in [-0.05, 0) is 37.5 Å². The number of carbonyl (C=O) groups excluding carboxylic acids is 2. The molecule has 2 fully saturated rings. The fraction of sp³-hybridized carbons (Fsp3) is 0.471. The van der Waals surface area contributed by atoms with Crippen molar-refractivity contribution in [3.05, 3.63) is 35.7 Å². The highest BCUT2D eigenvalue weighted by atomic mass is 16.2. The Hall–Kier alpha value is -2.37. The Kier molecular flexibility index (Phi) is 4.60. The van der Waals surface area contributed by atoms with Crippen LogP contribution in [0.3, 0.4) is 0 Å². The number of aryl methyl sites for hydroxylation is 1. The first-order chi connectivity index (χ1) is 11.1. The summed E-state index contributed by atoms with van der Waals surface area (Å²) in [6, 6.07) is 3.97. The Morgan fingerprint density at radius 3 is 3.04 bits per heavy atom. The number of urea groups is 1.